The molecule has 0 aromatic heterocycles. The quantitative estimate of drug-likeness (QED) is 0.879. The summed E-state index contributed by atoms with van der Waals surface area (Å²) in [5.74, 6) is -1.75. The van der Waals surface area contributed by atoms with Crippen molar-refractivity contribution < 1.29 is 22.7 Å². The number of rotatable bonds is 6. The molecular formula is C16H16FNO4S. The Kier molecular flexibility index (Phi) is 5.00. The highest BCUT2D eigenvalue weighted by Gasteiger charge is 2.24. The van der Waals surface area contributed by atoms with Crippen molar-refractivity contribution in [2.75, 3.05) is 11.4 Å². The molecule has 0 atom stereocenters. The number of sulfonamides is 1. The molecule has 0 fully saturated rings. The van der Waals surface area contributed by atoms with Crippen LogP contribution in [0.15, 0.2) is 53.4 Å². The molecule has 0 bridgehead atoms. The predicted octanol–water partition coefficient (Wildman–Crippen LogP) is 2.67. The van der Waals surface area contributed by atoms with Gasteiger partial charge in [-0.3, -0.25) is 9.10 Å². The molecule has 23 heavy (non-hydrogen) atoms. The Morgan fingerprint density at radius 2 is 1.87 bits per heavy atom. The summed E-state index contributed by atoms with van der Waals surface area (Å²) in [7, 11) is -2.70. The largest absolute Gasteiger partial charge is 0.481 e. The zero-order chi connectivity index (χ0) is 17.0. The summed E-state index contributed by atoms with van der Waals surface area (Å²) in [6.07, 6.45) is 0.240. The van der Waals surface area contributed by atoms with E-state index in [0.29, 0.717) is 11.3 Å². The van der Waals surface area contributed by atoms with Crippen molar-refractivity contribution in [1.82, 2.24) is 0 Å². The summed E-state index contributed by atoms with van der Waals surface area (Å²) < 4.78 is 39.8. The second-order valence-corrected chi connectivity index (χ2v) is 6.90. The van der Waals surface area contributed by atoms with E-state index in [-0.39, 0.29) is 12.8 Å². The summed E-state index contributed by atoms with van der Waals surface area (Å²) in [6, 6.07) is 11.7. The van der Waals surface area contributed by atoms with Gasteiger partial charge in [-0.25, -0.2) is 12.8 Å². The predicted molar refractivity (Wildman–Crippen MR) is 84.4 cm³/mol. The molecule has 0 heterocycles. The average molecular weight is 337 g/mol. The summed E-state index contributed by atoms with van der Waals surface area (Å²) in [5, 5.41) is 8.71. The number of carboxylic acids is 1. The van der Waals surface area contributed by atoms with Crippen LogP contribution in [0.3, 0.4) is 0 Å². The summed E-state index contributed by atoms with van der Waals surface area (Å²) in [6.45, 7) is 0. The zero-order valence-corrected chi connectivity index (χ0v) is 13.3. The third kappa shape index (κ3) is 3.87. The number of hydrogen-bond donors (Lipinski definition) is 1. The van der Waals surface area contributed by atoms with Gasteiger partial charge >= 0.3 is 5.97 Å². The van der Waals surface area contributed by atoms with Gasteiger partial charge in [0, 0.05) is 13.5 Å². The van der Waals surface area contributed by atoms with Crippen LogP contribution in [0.5, 0.6) is 0 Å². The van der Waals surface area contributed by atoms with Crippen LogP contribution >= 0.6 is 0 Å². The first-order valence-corrected chi connectivity index (χ1v) is 8.30. The first-order chi connectivity index (χ1) is 10.8. The lowest BCUT2D eigenvalue weighted by atomic mass is 10.1. The Hall–Kier alpha value is -2.41. The van der Waals surface area contributed by atoms with Crippen molar-refractivity contribution >= 4 is 21.7 Å². The van der Waals surface area contributed by atoms with Crippen molar-refractivity contribution in [3.05, 3.63) is 59.9 Å². The van der Waals surface area contributed by atoms with Crippen LogP contribution in [0.1, 0.15) is 12.0 Å². The van der Waals surface area contributed by atoms with E-state index in [4.69, 9.17) is 5.11 Å². The highest BCUT2D eigenvalue weighted by molar-refractivity contribution is 7.92. The Labute approximate surface area is 134 Å². The lowest BCUT2D eigenvalue weighted by Crippen LogP contribution is -2.27. The van der Waals surface area contributed by atoms with Crippen molar-refractivity contribution in [3.63, 3.8) is 0 Å². The van der Waals surface area contributed by atoms with Gasteiger partial charge in [-0.1, -0.05) is 24.3 Å². The molecule has 5 nitrogen and oxygen atoms in total. The number of carboxylic acid groups (broad SMARTS) is 1. The van der Waals surface area contributed by atoms with Crippen molar-refractivity contribution in [1.29, 1.82) is 0 Å². The van der Waals surface area contributed by atoms with Gasteiger partial charge in [0.05, 0.1) is 5.69 Å². The van der Waals surface area contributed by atoms with E-state index < -0.39 is 26.7 Å². The van der Waals surface area contributed by atoms with Gasteiger partial charge in [0.25, 0.3) is 10.0 Å². The minimum absolute atomic E-state index is 0.0484. The molecule has 0 saturated heterocycles. The smallest absolute Gasteiger partial charge is 0.303 e. The Morgan fingerprint density at radius 3 is 2.52 bits per heavy atom. The number of benzene rings is 2. The molecule has 0 aliphatic carbocycles. The minimum Gasteiger partial charge on any atom is -0.481 e. The third-order valence-corrected chi connectivity index (χ3v) is 5.20. The van der Waals surface area contributed by atoms with Crippen LogP contribution in [0.2, 0.25) is 0 Å². The van der Waals surface area contributed by atoms with Gasteiger partial charge in [-0.05, 0) is 36.2 Å². The number of anilines is 1. The Morgan fingerprint density at radius 1 is 1.17 bits per heavy atom. The number of hydrogen-bond acceptors (Lipinski definition) is 3. The maximum Gasteiger partial charge on any atom is 0.303 e. The first-order valence-electron chi connectivity index (χ1n) is 6.86. The van der Waals surface area contributed by atoms with Crippen LogP contribution in [-0.2, 0) is 21.2 Å². The maximum atomic E-state index is 13.8. The highest BCUT2D eigenvalue weighted by atomic mass is 32.2. The molecule has 0 amide bonds. The molecular weight excluding hydrogens is 321 g/mol. The van der Waals surface area contributed by atoms with Gasteiger partial charge in [-0.15, -0.1) is 0 Å². The normalized spacial score (nSPS) is 11.2. The molecule has 0 saturated carbocycles. The van der Waals surface area contributed by atoms with Gasteiger partial charge in [0.15, 0.2) is 0 Å². The number of halogens is 1. The molecule has 0 aliphatic heterocycles. The van der Waals surface area contributed by atoms with Crippen LogP contribution in [0.25, 0.3) is 0 Å². The zero-order valence-electron chi connectivity index (χ0n) is 12.4. The Balaban J connectivity index is 2.33. The fraction of sp³-hybridized carbons (Fsp3) is 0.188. The molecule has 2 aromatic rings. The van der Waals surface area contributed by atoms with E-state index in [1.54, 1.807) is 24.3 Å². The molecule has 2 aromatic carbocycles. The van der Waals surface area contributed by atoms with Gasteiger partial charge < -0.3 is 5.11 Å². The maximum absolute atomic E-state index is 13.8. The van der Waals surface area contributed by atoms with E-state index in [2.05, 4.69) is 0 Å². The summed E-state index contributed by atoms with van der Waals surface area (Å²) in [4.78, 5) is 10.2. The Bertz CT molecular complexity index is 820. The molecule has 1 N–H and O–H groups in total. The van der Waals surface area contributed by atoms with E-state index in [9.17, 15) is 17.6 Å². The molecule has 7 heteroatoms. The summed E-state index contributed by atoms with van der Waals surface area (Å²) >= 11 is 0. The van der Waals surface area contributed by atoms with E-state index in [1.165, 1.54) is 25.2 Å². The molecule has 0 aliphatic rings. The second-order valence-electron chi connectivity index (χ2n) is 4.97. The lowest BCUT2D eigenvalue weighted by molar-refractivity contribution is -0.136. The minimum atomic E-state index is -4.03. The van der Waals surface area contributed by atoms with Crippen LogP contribution < -0.4 is 4.31 Å². The fourth-order valence-corrected chi connectivity index (χ4v) is 3.35. The third-order valence-electron chi connectivity index (χ3n) is 3.38. The topological polar surface area (TPSA) is 74.7 Å². The number of carbonyl (C=O) groups is 1. The number of nitrogens with zero attached hydrogens (tertiary/aromatic N) is 1. The molecule has 2 rings (SSSR count). The van der Waals surface area contributed by atoms with Crippen molar-refractivity contribution in [2.24, 2.45) is 0 Å². The van der Waals surface area contributed by atoms with Gasteiger partial charge in [0.1, 0.15) is 10.7 Å². The van der Waals surface area contributed by atoms with E-state index in [0.717, 1.165) is 10.4 Å². The number of aliphatic carboxylic acids is 1. The highest BCUT2D eigenvalue weighted by Crippen LogP contribution is 2.24. The standard InChI is InChI=1S/C16H16FNO4S/c1-18(23(21,22)15-8-3-2-7-14(15)17)13-6-4-5-12(11-13)9-10-16(19)20/h2-8,11H,9-10H2,1H3,(H,19,20). The average Bonchev–Trinajstić information content (AvgIpc) is 2.52. The fourth-order valence-electron chi connectivity index (χ4n) is 2.10. The SMILES string of the molecule is CN(c1cccc(CCC(=O)O)c1)S(=O)(=O)c1ccccc1F. The van der Waals surface area contributed by atoms with Crippen LogP contribution in [0, 0.1) is 5.82 Å². The van der Waals surface area contributed by atoms with E-state index in [1.807, 2.05) is 0 Å². The lowest BCUT2D eigenvalue weighted by Gasteiger charge is -2.20. The molecule has 122 valence electrons. The van der Waals surface area contributed by atoms with Crippen LogP contribution in [0.4, 0.5) is 10.1 Å². The van der Waals surface area contributed by atoms with Crippen molar-refractivity contribution in [3.8, 4) is 0 Å². The van der Waals surface area contributed by atoms with Crippen molar-refractivity contribution in [2.45, 2.75) is 17.7 Å². The van der Waals surface area contributed by atoms with Crippen LogP contribution in [-0.4, -0.2) is 26.5 Å². The number of aryl methyl sites for hydroxylation is 1. The van der Waals surface area contributed by atoms with Gasteiger partial charge in [0.2, 0.25) is 0 Å². The summed E-state index contributed by atoms with van der Waals surface area (Å²) in [5.41, 5.74) is 1.04. The molecule has 0 unspecified atom stereocenters. The second kappa shape index (κ2) is 6.78. The first kappa shape index (κ1) is 17.0. The monoisotopic (exact) mass is 337 g/mol. The molecule has 0 spiro atoms. The molecule has 0 radical (unpaired) electrons. The van der Waals surface area contributed by atoms with E-state index >= 15 is 0 Å². The van der Waals surface area contributed by atoms with Gasteiger partial charge in [-0.2, -0.15) is 0 Å².